The summed E-state index contributed by atoms with van der Waals surface area (Å²) in [4.78, 5) is 0. The van der Waals surface area contributed by atoms with Crippen LogP contribution in [0.4, 0.5) is 0 Å². The molecule has 0 aromatic carbocycles. The van der Waals surface area contributed by atoms with Crippen molar-refractivity contribution >= 4 is 8.53 Å². The molecule has 1 saturated heterocycles. The third kappa shape index (κ3) is 4.18. The molecule has 1 aliphatic carbocycles. The standard InChI is InChI=1S/C18H31N2O3P/c1-5-10-20(11-6-2)24(22-12-8-9-19)23-17-16-14-21-18(17,7-3)13-15(16)4/h16-17H,4-8,10-14H2,1-3H3/t16-,17+,18+,24?/m1/s1. The molecule has 2 rings (SSSR count). The molecule has 1 aliphatic heterocycles. The highest BCUT2D eigenvalue weighted by atomic mass is 31.2. The summed E-state index contributed by atoms with van der Waals surface area (Å²) in [6.45, 7) is 13.8. The first-order valence-electron chi connectivity index (χ1n) is 9.15. The van der Waals surface area contributed by atoms with Crippen LogP contribution in [0.5, 0.6) is 0 Å². The summed E-state index contributed by atoms with van der Waals surface area (Å²) >= 11 is 0. The Morgan fingerprint density at radius 3 is 2.62 bits per heavy atom. The molecule has 1 saturated carbocycles. The Morgan fingerprint density at radius 2 is 2.08 bits per heavy atom. The van der Waals surface area contributed by atoms with E-state index in [9.17, 15) is 0 Å². The summed E-state index contributed by atoms with van der Waals surface area (Å²) in [7, 11) is -1.17. The van der Waals surface area contributed by atoms with Crippen LogP contribution in [0.3, 0.4) is 0 Å². The second-order valence-electron chi connectivity index (χ2n) is 6.63. The number of hydrogen-bond acceptors (Lipinski definition) is 5. The number of nitriles is 1. The van der Waals surface area contributed by atoms with Crippen LogP contribution in [0, 0.1) is 17.2 Å². The van der Waals surface area contributed by atoms with Crippen molar-refractivity contribution in [1.29, 1.82) is 5.26 Å². The van der Waals surface area contributed by atoms with Crippen molar-refractivity contribution in [2.45, 2.75) is 64.6 Å². The minimum absolute atomic E-state index is 0.0272. The molecule has 1 unspecified atom stereocenters. The Balaban J connectivity index is 2.11. The van der Waals surface area contributed by atoms with Gasteiger partial charge in [-0.05, 0) is 19.3 Å². The average Bonchev–Trinajstić information content (AvgIpc) is 3.05. The summed E-state index contributed by atoms with van der Waals surface area (Å²) in [6, 6.07) is 2.15. The molecule has 0 amide bonds. The molecule has 0 spiro atoms. The molecule has 0 aromatic rings. The van der Waals surface area contributed by atoms with Crippen molar-refractivity contribution in [2.24, 2.45) is 5.92 Å². The highest BCUT2D eigenvalue weighted by Crippen LogP contribution is 2.56. The highest BCUT2D eigenvalue weighted by Gasteiger charge is 2.58. The molecular formula is C18H31N2O3P. The lowest BCUT2D eigenvalue weighted by molar-refractivity contribution is -0.0491. The fourth-order valence-corrected chi connectivity index (χ4v) is 5.49. The van der Waals surface area contributed by atoms with Gasteiger partial charge < -0.3 is 13.8 Å². The molecule has 0 radical (unpaired) electrons. The number of ether oxygens (including phenoxy) is 1. The SMILES string of the molecule is C=C1C[C@]2(CC)OC[C@H]1[C@@H]2OP(OCCC#N)N(CCC)CCC. The van der Waals surface area contributed by atoms with Gasteiger partial charge in [-0.3, -0.25) is 0 Å². The first-order valence-corrected chi connectivity index (χ1v) is 10.3. The van der Waals surface area contributed by atoms with Gasteiger partial charge in [-0.1, -0.05) is 32.9 Å². The predicted octanol–water partition coefficient (Wildman–Crippen LogP) is 4.41. The fraction of sp³-hybridized carbons (Fsp3) is 0.833. The number of fused-ring (bicyclic) bond motifs is 2. The van der Waals surface area contributed by atoms with Crippen LogP contribution in [0.1, 0.15) is 52.9 Å². The largest absolute Gasteiger partial charge is 0.371 e. The molecule has 0 aromatic heterocycles. The first-order chi connectivity index (χ1) is 11.6. The molecule has 0 N–H and O–H groups in total. The van der Waals surface area contributed by atoms with Gasteiger partial charge in [0.25, 0.3) is 8.53 Å². The molecular weight excluding hydrogens is 323 g/mol. The van der Waals surface area contributed by atoms with Crippen LogP contribution in [-0.2, 0) is 13.8 Å². The second kappa shape index (κ2) is 9.27. The van der Waals surface area contributed by atoms with E-state index >= 15 is 0 Å². The van der Waals surface area contributed by atoms with Gasteiger partial charge in [0, 0.05) is 25.4 Å². The number of rotatable bonds is 11. The van der Waals surface area contributed by atoms with Gasteiger partial charge in [0.2, 0.25) is 0 Å². The van der Waals surface area contributed by atoms with Gasteiger partial charge in [0.05, 0.1) is 31.3 Å². The Bertz CT molecular complexity index is 462. The summed E-state index contributed by atoms with van der Waals surface area (Å²) in [5.41, 5.74) is 1.02. The smallest absolute Gasteiger partial charge is 0.259 e. The van der Waals surface area contributed by atoms with Crippen molar-refractivity contribution in [3.8, 4) is 6.07 Å². The van der Waals surface area contributed by atoms with Crippen LogP contribution in [-0.4, -0.2) is 42.7 Å². The Kier molecular flexibility index (Phi) is 7.65. The fourth-order valence-electron chi connectivity index (χ4n) is 3.63. The van der Waals surface area contributed by atoms with Crippen LogP contribution in [0.15, 0.2) is 12.2 Å². The van der Waals surface area contributed by atoms with Crippen molar-refractivity contribution in [3.05, 3.63) is 12.2 Å². The van der Waals surface area contributed by atoms with E-state index in [4.69, 9.17) is 19.0 Å². The minimum atomic E-state index is -1.17. The van der Waals surface area contributed by atoms with Crippen LogP contribution >= 0.6 is 8.53 Å². The maximum Gasteiger partial charge on any atom is 0.259 e. The van der Waals surface area contributed by atoms with Gasteiger partial charge in [0.15, 0.2) is 0 Å². The maximum absolute atomic E-state index is 8.81. The molecule has 1 heterocycles. The summed E-state index contributed by atoms with van der Waals surface area (Å²) in [5.74, 6) is 0.277. The maximum atomic E-state index is 8.81. The summed E-state index contributed by atoms with van der Waals surface area (Å²) in [6.07, 6.45) is 4.35. The van der Waals surface area contributed by atoms with Crippen LogP contribution < -0.4 is 0 Å². The lowest BCUT2D eigenvalue weighted by Crippen LogP contribution is -2.38. The number of nitrogens with zero attached hydrogens (tertiary/aromatic N) is 2. The topological polar surface area (TPSA) is 54.7 Å². The molecule has 2 aliphatic rings. The molecule has 6 heteroatoms. The zero-order valence-corrected chi connectivity index (χ0v) is 16.2. The van der Waals surface area contributed by atoms with E-state index < -0.39 is 8.53 Å². The average molecular weight is 354 g/mol. The van der Waals surface area contributed by atoms with Crippen molar-refractivity contribution < 1.29 is 13.8 Å². The molecule has 5 nitrogen and oxygen atoms in total. The van der Waals surface area contributed by atoms with E-state index in [-0.39, 0.29) is 17.6 Å². The van der Waals surface area contributed by atoms with Gasteiger partial charge in [-0.2, -0.15) is 5.26 Å². The van der Waals surface area contributed by atoms with Crippen molar-refractivity contribution in [1.82, 2.24) is 4.67 Å². The molecule has 4 atom stereocenters. The summed E-state index contributed by atoms with van der Waals surface area (Å²) < 4.78 is 21.0. The van der Waals surface area contributed by atoms with Gasteiger partial charge in [0.1, 0.15) is 6.10 Å². The van der Waals surface area contributed by atoms with E-state index in [1.165, 1.54) is 5.57 Å². The van der Waals surface area contributed by atoms with E-state index in [1.807, 2.05) is 0 Å². The monoisotopic (exact) mass is 354 g/mol. The van der Waals surface area contributed by atoms with Crippen LogP contribution in [0.25, 0.3) is 0 Å². The predicted molar refractivity (Wildman–Crippen MR) is 96.4 cm³/mol. The Morgan fingerprint density at radius 1 is 1.38 bits per heavy atom. The third-order valence-electron chi connectivity index (χ3n) is 4.90. The quantitative estimate of drug-likeness (QED) is 0.313. The van der Waals surface area contributed by atoms with Crippen LogP contribution in [0.2, 0.25) is 0 Å². The van der Waals surface area contributed by atoms with E-state index in [1.54, 1.807) is 0 Å². The minimum Gasteiger partial charge on any atom is -0.371 e. The number of hydrogen-bond donors (Lipinski definition) is 0. The summed E-state index contributed by atoms with van der Waals surface area (Å²) in [5, 5.41) is 8.81. The lowest BCUT2D eigenvalue weighted by Gasteiger charge is -2.35. The third-order valence-corrected chi connectivity index (χ3v) is 6.57. The van der Waals surface area contributed by atoms with E-state index in [0.29, 0.717) is 19.6 Å². The second-order valence-corrected chi connectivity index (χ2v) is 8.14. The zero-order chi connectivity index (χ0) is 17.6. The molecule has 2 bridgehead atoms. The van der Waals surface area contributed by atoms with Gasteiger partial charge >= 0.3 is 0 Å². The Labute approximate surface area is 147 Å². The normalized spacial score (nSPS) is 30.0. The Hall–Kier alpha value is -0.500. The van der Waals surface area contributed by atoms with Crippen molar-refractivity contribution in [2.75, 3.05) is 26.3 Å². The van der Waals surface area contributed by atoms with Crippen molar-refractivity contribution in [3.63, 3.8) is 0 Å². The lowest BCUT2D eigenvalue weighted by atomic mass is 9.96. The highest BCUT2D eigenvalue weighted by molar-refractivity contribution is 7.44. The molecule has 2 fully saturated rings. The van der Waals surface area contributed by atoms with E-state index in [0.717, 1.165) is 38.8 Å². The van der Waals surface area contributed by atoms with Gasteiger partial charge in [-0.25, -0.2) is 4.67 Å². The first kappa shape index (κ1) is 19.8. The van der Waals surface area contributed by atoms with E-state index in [2.05, 4.69) is 38.1 Å². The molecule has 136 valence electrons. The van der Waals surface area contributed by atoms with Gasteiger partial charge in [-0.15, -0.1) is 0 Å². The zero-order valence-electron chi connectivity index (χ0n) is 15.3. The molecule has 24 heavy (non-hydrogen) atoms.